The van der Waals surface area contributed by atoms with Crippen molar-refractivity contribution in [1.82, 2.24) is 9.80 Å². The van der Waals surface area contributed by atoms with Crippen molar-refractivity contribution in [3.63, 3.8) is 0 Å². The molecule has 0 spiro atoms. The van der Waals surface area contributed by atoms with Gasteiger partial charge in [0.25, 0.3) is 23.6 Å². The molecule has 2 heterocycles. The van der Waals surface area contributed by atoms with E-state index >= 15 is 0 Å². The molecule has 14 heteroatoms. The maximum atomic E-state index is 14.6. The standard InChI is InChI=1S/C88H96N6O8/c1-57-46-71(87(38-42-91(43-39-87)83(99)101-55-65-28-19-15-20-29-65)73-50-61(5)77(62(6)51-73)93(85(9,10)11)81(97)67-32-23-17-24-33-67)47-58(2)75(57)89-79(95)69-36-27-37-70(54-69)80(96)90-76-59(3)48-72(49-60(76)4)88(40-44-92(45-41-88)84(100)102-56-66-30-21-16-22-31-66)74-52-63(7)78(64(8)53-74)94(86(12,13)14)82(98)68-34-25-18-26-35-68/h15-37,46-54H,38-45,55-56H2,1-14H3,(H,89,95)(H,90,96). The van der Waals surface area contributed by atoms with Gasteiger partial charge in [0, 0.05) is 81.7 Å². The lowest BCUT2D eigenvalue weighted by Crippen LogP contribution is -2.47. The maximum absolute atomic E-state index is 14.6. The van der Waals surface area contributed by atoms with Gasteiger partial charge in [-0.05, 0) is 243 Å². The molecule has 102 heavy (non-hydrogen) atoms. The van der Waals surface area contributed by atoms with Crippen LogP contribution < -0.4 is 20.4 Å². The van der Waals surface area contributed by atoms with Crippen LogP contribution in [0.15, 0.2) is 194 Å². The fourth-order valence-corrected chi connectivity index (χ4v) is 15.4. The zero-order chi connectivity index (χ0) is 73.0. The average molecular weight is 1370 g/mol. The van der Waals surface area contributed by atoms with Gasteiger partial charge in [-0.15, -0.1) is 0 Å². The maximum Gasteiger partial charge on any atom is 0.410 e. The quantitative estimate of drug-likeness (QED) is 0.0968. The molecule has 2 saturated heterocycles. The number of carbonyl (C=O) groups excluding carboxylic acids is 6. The summed E-state index contributed by atoms with van der Waals surface area (Å²) in [7, 11) is 0. The van der Waals surface area contributed by atoms with Crippen molar-refractivity contribution < 1.29 is 38.2 Å². The lowest BCUT2D eigenvalue weighted by molar-refractivity contribution is 0.0807. The SMILES string of the molecule is Cc1cc(C2(c3cc(C)c(N(C(=O)c4ccccc4)C(C)(C)C)c(C)c3)CCN(C(=O)OCc3ccccc3)CC2)cc(C)c1NC(=O)c1cccc(C(=O)Nc2c(C)cc(C3(c4cc(C)c(N(C(=O)c5ccccc5)C(C)(C)C)c(C)c4)CCN(C(=O)OCc4ccccc4)CC3)cc2C)c1. The predicted octanol–water partition coefficient (Wildman–Crippen LogP) is 19.0. The van der Waals surface area contributed by atoms with Gasteiger partial charge in [0.1, 0.15) is 13.2 Å². The number of anilines is 4. The summed E-state index contributed by atoms with van der Waals surface area (Å²) < 4.78 is 11.7. The molecule has 2 fully saturated rings. The van der Waals surface area contributed by atoms with E-state index in [2.05, 4.69) is 128 Å². The minimum absolute atomic E-state index is 0.0836. The highest BCUT2D eigenvalue weighted by molar-refractivity contribution is 6.11. The minimum atomic E-state index is -0.581. The number of rotatable bonds is 16. The molecule has 0 atom stereocenters. The molecule has 0 unspecified atom stereocenters. The van der Waals surface area contributed by atoms with Crippen LogP contribution in [0.5, 0.6) is 0 Å². The smallest absolute Gasteiger partial charge is 0.410 e. The third-order valence-electron chi connectivity index (χ3n) is 20.5. The van der Waals surface area contributed by atoms with E-state index in [0.29, 0.717) is 85.5 Å². The summed E-state index contributed by atoms with van der Waals surface area (Å²) in [6.07, 6.45) is 1.61. The highest BCUT2D eigenvalue weighted by Crippen LogP contribution is 2.49. The average Bonchev–Trinajstić information content (AvgIpc) is 0.743. The third-order valence-corrected chi connectivity index (χ3v) is 20.5. The Morgan fingerprint density at radius 2 is 0.627 bits per heavy atom. The van der Waals surface area contributed by atoms with Crippen LogP contribution in [0, 0.1) is 55.4 Å². The molecule has 6 amide bonds. The highest BCUT2D eigenvalue weighted by Gasteiger charge is 2.44. The second kappa shape index (κ2) is 29.9. The number of aryl methyl sites for hydroxylation is 8. The van der Waals surface area contributed by atoms with Gasteiger partial charge in [-0.2, -0.15) is 0 Å². The van der Waals surface area contributed by atoms with Crippen molar-refractivity contribution >= 4 is 58.6 Å². The van der Waals surface area contributed by atoms with Crippen LogP contribution in [0.3, 0.4) is 0 Å². The lowest BCUT2D eigenvalue weighted by atomic mass is 9.66. The van der Waals surface area contributed by atoms with Crippen LogP contribution in [0.4, 0.5) is 32.3 Å². The Morgan fingerprint density at radius 3 is 0.912 bits per heavy atom. The zero-order valence-electron chi connectivity index (χ0n) is 61.6. The fraction of sp³-hybridized carbons (Fsp3) is 0.318. The van der Waals surface area contributed by atoms with E-state index in [-0.39, 0.29) is 49.0 Å². The highest BCUT2D eigenvalue weighted by atomic mass is 16.6. The molecule has 0 bridgehead atoms. The summed E-state index contributed by atoms with van der Waals surface area (Å²) in [5.41, 5.74) is 15.8. The molecule has 9 aromatic carbocycles. The Morgan fingerprint density at radius 1 is 0.363 bits per heavy atom. The Balaban J connectivity index is 0.855. The van der Waals surface area contributed by atoms with Gasteiger partial charge in [-0.1, -0.05) is 152 Å². The van der Waals surface area contributed by atoms with Gasteiger partial charge in [0.05, 0.1) is 11.4 Å². The van der Waals surface area contributed by atoms with Crippen molar-refractivity contribution in [2.24, 2.45) is 0 Å². The molecule has 0 saturated carbocycles. The summed E-state index contributed by atoms with van der Waals surface area (Å²) in [6.45, 7) is 30.7. The number of hydrogen-bond donors (Lipinski definition) is 2. The van der Waals surface area contributed by atoms with Gasteiger partial charge in [-0.25, -0.2) is 9.59 Å². The third kappa shape index (κ3) is 15.3. The molecule has 0 radical (unpaired) electrons. The largest absolute Gasteiger partial charge is 0.445 e. The summed E-state index contributed by atoms with van der Waals surface area (Å²) in [6, 6.07) is 62.3. The number of amides is 6. The van der Waals surface area contributed by atoms with Crippen molar-refractivity contribution in [3.8, 4) is 0 Å². The van der Waals surface area contributed by atoms with E-state index in [9.17, 15) is 28.8 Å². The predicted molar refractivity (Wildman–Crippen MR) is 408 cm³/mol. The van der Waals surface area contributed by atoms with E-state index in [1.807, 2.05) is 159 Å². The lowest BCUT2D eigenvalue weighted by Gasteiger charge is -2.44. The normalized spacial score (nSPS) is 14.3. The first-order chi connectivity index (χ1) is 48.6. The number of carbonyl (C=O) groups is 6. The van der Waals surface area contributed by atoms with E-state index < -0.39 is 21.9 Å². The molecule has 2 aliphatic heterocycles. The van der Waals surface area contributed by atoms with Gasteiger partial charge >= 0.3 is 12.2 Å². The molecule has 526 valence electrons. The molecule has 2 aliphatic rings. The van der Waals surface area contributed by atoms with Gasteiger partial charge < -0.3 is 39.7 Å². The Bertz CT molecular complexity index is 4230. The van der Waals surface area contributed by atoms with Crippen molar-refractivity contribution in [2.45, 2.75) is 158 Å². The number of likely N-dealkylation sites (tertiary alicyclic amines) is 2. The van der Waals surface area contributed by atoms with Gasteiger partial charge in [0.15, 0.2) is 0 Å². The van der Waals surface area contributed by atoms with Crippen LogP contribution in [0.2, 0.25) is 0 Å². The second-order valence-electron chi connectivity index (χ2n) is 29.9. The van der Waals surface area contributed by atoms with Crippen molar-refractivity contribution in [3.05, 3.63) is 294 Å². The van der Waals surface area contributed by atoms with Crippen LogP contribution >= 0.6 is 0 Å². The zero-order valence-corrected chi connectivity index (χ0v) is 61.6. The summed E-state index contributed by atoms with van der Waals surface area (Å²) >= 11 is 0. The number of benzene rings is 9. The van der Waals surface area contributed by atoms with E-state index in [4.69, 9.17) is 9.47 Å². The van der Waals surface area contributed by atoms with Gasteiger partial charge in [0.2, 0.25) is 0 Å². The Labute approximate surface area is 602 Å². The first kappa shape index (κ1) is 72.6. The number of piperidine rings is 2. The molecular weight excluding hydrogens is 1270 g/mol. The molecule has 0 aliphatic carbocycles. The van der Waals surface area contributed by atoms with Crippen molar-refractivity contribution in [1.29, 1.82) is 0 Å². The van der Waals surface area contributed by atoms with E-state index in [1.165, 1.54) is 0 Å². The van der Waals surface area contributed by atoms with E-state index in [0.717, 1.165) is 89.3 Å². The number of hydrogen-bond acceptors (Lipinski definition) is 8. The van der Waals surface area contributed by atoms with Crippen LogP contribution in [-0.2, 0) is 33.5 Å². The molecular formula is C88H96N6O8. The molecule has 9 aromatic rings. The summed E-state index contributed by atoms with van der Waals surface area (Å²) in [4.78, 5) is 93.0. The fourth-order valence-electron chi connectivity index (χ4n) is 15.4. The Kier molecular flexibility index (Phi) is 21.3. The monoisotopic (exact) mass is 1360 g/mol. The second-order valence-corrected chi connectivity index (χ2v) is 29.9. The summed E-state index contributed by atoms with van der Waals surface area (Å²) in [5.74, 6) is -0.916. The topological polar surface area (TPSA) is 158 Å². The summed E-state index contributed by atoms with van der Waals surface area (Å²) in [5, 5.41) is 6.45. The minimum Gasteiger partial charge on any atom is -0.445 e. The molecule has 11 rings (SSSR count). The van der Waals surface area contributed by atoms with Gasteiger partial charge in [-0.3, -0.25) is 19.2 Å². The molecule has 2 N–H and O–H groups in total. The number of ether oxygens (including phenoxy) is 2. The number of nitrogens with one attached hydrogen (secondary N) is 2. The van der Waals surface area contributed by atoms with Crippen LogP contribution in [0.1, 0.15) is 187 Å². The van der Waals surface area contributed by atoms with E-state index in [1.54, 1.807) is 34.1 Å². The molecule has 0 aromatic heterocycles. The number of nitrogens with zero attached hydrogens (tertiary/aromatic N) is 4. The van der Waals surface area contributed by atoms with Crippen LogP contribution in [0.25, 0.3) is 0 Å². The first-order valence-corrected chi connectivity index (χ1v) is 35.5. The Hall–Kier alpha value is -10.6. The molecule has 14 nitrogen and oxygen atoms in total. The first-order valence-electron chi connectivity index (χ1n) is 35.5. The van der Waals surface area contributed by atoms with Crippen molar-refractivity contribution in [2.75, 3.05) is 46.6 Å². The van der Waals surface area contributed by atoms with Crippen LogP contribution in [-0.4, -0.2) is 82.9 Å².